The van der Waals surface area contributed by atoms with E-state index >= 15 is 0 Å². The molecular formula is C18H26IN3OS. The summed E-state index contributed by atoms with van der Waals surface area (Å²) in [6.07, 6.45) is 0.965. The van der Waals surface area contributed by atoms with Crippen LogP contribution in [0.5, 0.6) is 5.75 Å². The van der Waals surface area contributed by atoms with Gasteiger partial charge in [0.1, 0.15) is 5.75 Å². The van der Waals surface area contributed by atoms with Gasteiger partial charge < -0.3 is 15.8 Å². The van der Waals surface area contributed by atoms with Crippen molar-refractivity contribution in [3.63, 3.8) is 0 Å². The molecule has 0 amide bonds. The summed E-state index contributed by atoms with van der Waals surface area (Å²) in [5.41, 5.74) is 7.00. The summed E-state index contributed by atoms with van der Waals surface area (Å²) in [5, 5.41) is 5.23. The van der Waals surface area contributed by atoms with Crippen molar-refractivity contribution >= 4 is 41.3 Å². The molecule has 0 unspecified atom stereocenters. The molecule has 24 heavy (non-hydrogen) atoms. The maximum atomic E-state index is 5.91. The van der Waals surface area contributed by atoms with E-state index in [9.17, 15) is 0 Å². The summed E-state index contributed by atoms with van der Waals surface area (Å²) in [4.78, 5) is 5.73. The predicted molar refractivity (Wildman–Crippen MR) is 114 cm³/mol. The number of nitrogens with one attached hydrogen (secondary N) is 1. The Morgan fingerprint density at radius 1 is 1.29 bits per heavy atom. The number of rotatable bonds is 8. The van der Waals surface area contributed by atoms with Crippen molar-refractivity contribution in [2.45, 2.75) is 26.8 Å². The molecule has 0 fully saturated rings. The predicted octanol–water partition coefficient (Wildman–Crippen LogP) is 4.05. The smallest absolute Gasteiger partial charge is 0.188 e. The second kappa shape index (κ2) is 11.3. The first kappa shape index (κ1) is 20.8. The average Bonchev–Trinajstić information content (AvgIpc) is 3.05. The second-order valence-electron chi connectivity index (χ2n) is 5.81. The maximum Gasteiger partial charge on any atom is 0.188 e. The van der Waals surface area contributed by atoms with E-state index in [0.29, 0.717) is 18.4 Å². The van der Waals surface area contributed by atoms with Crippen molar-refractivity contribution < 1.29 is 4.74 Å². The first-order chi connectivity index (χ1) is 11.1. The number of benzene rings is 1. The van der Waals surface area contributed by atoms with E-state index in [2.05, 4.69) is 41.7 Å². The van der Waals surface area contributed by atoms with E-state index in [-0.39, 0.29) is 24.0 Å². The van der Waals surface area contributed by atoms with Crippen LogP contribution in [-0.4, -0.2) is 19.1 Å². The van der Waals surface area contributed by atoms with Gasteiger partial charge in [0.2, 0.25) is 0 Å². The van der Waals surface area contributed by atoms with Crippen molar-refractivity contribution in [2.24, 2.45) is 16.6 Å². The number of nitrogens with zero attached hydrogens (tertiary/aromatic N) is 1. The van der Waals surface area contributed by atoms with Crippen LogP contribution in [0.25, 0.3) is 0 Å². The highest BCUT2D eigenvalue weighted by Gasteiger charge is 2.00. The first-order valence-corrected chi connectivity index (χ1v) is 8.79. The maximum absolute atomic E-state index is 5.91. The molecule has 2 aromatic rings. The molecule has 4 nitrogen and oxygen atoms in total. The Morgan fingerprint density at radius 3 is 2.83 bits per heavy atom. The van der Waals surface area contributed by atoms with Crippen molar-refractivity contribution in [1.29, 1.82) is 0 Å². The quantitative estimate of drug-likeness (QED) is 0.356. The van der Waals surface area contributed by atoms with Gasteiger partial charge in [-0.3, -0.25) is 0 Å². The van der Waals surface area contributed by atoms with Crippen molar-refractivity contribution in [1.82, 2.24) is 5.32 Å². The Morgan fingerprint density at radius 2 is 2.12 bits per heavy atom. The van der Waals surface area contributed by atoms with E-state index in [0.717, 1.165) is 30.9 Å². The summed E-state index contributed by atoms with van der Waals surface area (Å²) in [6, 6.07) is 12.2. The van der Waals surface area contributed by atoms with Gasteiger partial charge >= 0.3 is 0 Å². The summed E-state index contributed by atoms with van der Waals surface area (Å²) in [5.74, 6) is 1.88. The second-order valence-corrected chi connectivity index (χ2v) is 6.84. The largest absolute Gasteiger partial charge is 0.493 e. The summed E-state index contributed by atoms with van der Waals surface area (Å²) >= 11 is 1.76. The van der Waals surface area contributed by atoms with Crippen molar-refractivity contribution in [2.75, 3.05) is 13.2 Å². The van der Waals surface area contributed by atoms with E-state index in [1.165, 1.54) is 4.88 Å². The molecule has 1 aromatic carbocycles. The Hall–Kier alpha value is -1.28. The molecule has 132 valence electrons. The Balaban J connectivity index is 0.00000288. The highest BCUT2D eigenvalue weighted by atomic mass is 127. The first-order valence-electron chi connectivity index (χ1n) is 7.91. The summed E-state index contributed by atoms with van der Waals surface area (Å²) in [6.45, 7) is 6.34. The third-order valence-electron chi connectivity index (χ3n) is 3.17. The van der Waals surface area contributed by atoms with Crippen LogP contribution in [0.1, 0.15) is 24.3 Å². The highest BCUT2D eigenvalue weighted by molar-refractivity contribution is 14.0. The molecule has 0 saturated carbocycles. The molecule has 0 aliphatic carbocycles. The fourth-order valence-electron chi connectivity index (χ4n) is 2.00. The summed E-state index contributed by atoms with van der Waals surface area (Å²) < 4.78 is 5.73. The fraction of sp³-hybridized carbons (Fsp3) is 0.389. The molecule has 0 spiro atoms. The van der Waals surface area contributed by atoms with E-state index in [1.54, 1.807) is 11.3 Å². The molecule has 0 aliphatic heterocycles. The SMILES string of the molecule is CC(C)COc1cccc(CN=C(N)NCCc2cccs2)c1.I. The highest BCUT2D eigenvalue weighted by Crippen LogP contribution is 2.15. The van der Waals surface area contributed by atoms with Gasteiger partial charge in [-0.05, 0) is 41.5 Å². The van der Waals surface area contributed by atoms with Crippen LogP contribution < -0.4 is 15.8 Å². The average molecular weight is 459 g/mol. The number of ether oxygens (including phenoxy) is 1. The lowest BCUT2D eigenvalue weighted by molar-refractivity contribution is 0.271. The minimum Gasteiger partial charge on any atom is -0.493 e. The minimum atomic E-state index is 0. The molecule has 3 N–H and O–H groups in total. The number of guanidine groups is 1. The Labute approximate surface area is 165 Å². The van der Waals surface area contributed by atoms with Gasteiger partial charge in [-0.1, -0.05) is 32.0 Å². The molecule has 0 saturated heterocycles. The Bertz CT molecular complexity index is 614. The van der Waals surface area contributed by atoms with Gasteiger partial charge in [-0.15, -0.1) is 35.3 Å². The number of nitrogens with two attached hydrogens (primary N) is 1. The van der Waals surface area contributed by atoms with Crippen LogP contribution in [0.3, 0.4) is 0 Å². The van der Waals surface area contributed by atoms with Crippen molar-refractivity contribution in [3.05, 3.63) is 52.2 Å². The van der Waals surface area contributed by atoms with Gasteiger partial charge in [-0.2, -0.15) is 0 Å². The number of hydrogen-bond acceptors (Lipinski definition) is 3. The molecule has 0 radical (unpaired) electrons. The molecule has 1 heterocycles. The Kier molecular flexibility index (Phi) is 9.78. The van der Waals surface area contributed by atoms with E-state index in [1.807, 2.05) is 24.3 Å². The van der Waals surface area contributed by atoms with Gasteiger partial charge in [0.25, 0.3) is 0 Å². The fourth-order valence-corrected chi connectivity index (χ4v) is 2.71. The molecule has 0 bridgehead atoms. The number of halogens is 1. The monoisotopic (exact) mass is 459 g/mol. The zero-order valence-corrected chi connectivity index (χ0v) is 17.3. The third kappa shape index (κ3) is 8.01. The molecule has 0 atom stereocenters. The van der Waals surface area contributed by atoms with Crippen molar-refractivity contribution in [3.8, 4) is 5.75 Å². The van der Waals surface area contributed by atoms with E-state index < -0.39 is 0 Å². The molecule has 6 heteroatoms. The number of hydrogen-bond donors (Lipinski definition) is 2. The van der Waals surface area contributed by atoms with Crippen LogP contribution >= 0.6 is 35.3 Å². The molecular weight excluding hydrogens is 433 g/mol. The van der Waals surface area contributed by atoms with Gasteiger partial charge in [0.15, 0.2) is 5.96 Å². The molecule has 2 rings (SSSR count). The normalized spacial score (nSPS) is 11.2. The van der Waals surface area contributed by atoms with E-state index in [4.69, 9.17) is 10.5 Å². The lowest BCUT2D eigenvalue weighted by atomic mass is 10.2. The van der Waals surface area contributed by atoms with Gasteiger partial charge in [0.05, 0.1) is 13.2 Å². The number of thiophene rings is 1. The van der Waals surface area contributed by atoms with Crippen LogP contribution in [0.15, 0.2) is 46.8 Å². The van der Waals surface area contributed by atoms with Crippen LogP contribution in [0.2, 0.25) is 0 Å². The van der Waals surface area contributed by atoms with Crippen LogP contribution in [0.4, 0.5) is 0 Å². The minimum absolute atomic E-state index is 0. The van der Waals surface area contributed by atoms with Crippen LogP contribution in [-0.2, 0) is 13.0 Å². The summed E-state index contributed by atoms with van der Waals surface area (Å²) in [7, 11) is 0. The van der Waals surface area contributed by atoms with Gasteiger partial charge in [0, 0.05) is 11.4 Å². The standard InChI is InChI=1S/C18H25N3OS.HI/c1-14(2)13-22-16-6-3-5-15(11-16)12-21-18(19)20-9-8-17-7-4-10-23-17;/h3-7,10-11,14H,8-9,12-13H2,1-2H3,(H3,19,20,21);1H. The zero-order chi connectivity index (χ0) is 16.5. The van der Waals surface area contributed by atoms with Crippen LogP contribution in [0, 0.1) is 5.92 Å². The molecule has 1 aromatic heterocycles. The lowest BCUT2D eigenvalue weighted by Gasteiger charge is -2.09. The van der Waals surface area contributed by atoms with Gasteiger partial charge in [-0.25, -0.2) is 4.99 Å². The number of aliphatic imine (C=N–C) groups is 1. The lowest BCUT2D eigenvalue weighted by Crippen LogP contribution is -2.33. The zero-order valence-electron chi connectivity index (χ0n) is 14.2. The third-order valence-corrected chi connectivity index (χ3v) is 4.11. The topological polar surface area (TPSA) is 59.6 Å². The molecule has 0 aliphatic rings.